The molecule has 0 spiro atoms. The molecule has 1 saturated heterocycles. The van der Waals surface area contributed by atoms with Gasteiger partial charge in [-0.25, -0.2) is 4.79 Å². The van der Waals surface area contributed by atoms with Crippen LogP contribution in [0, 0.1) is 13.8 Å². The van der Waals surface area contributed by atoms with Crippen molar-refractivity contribution >= 4 is 16.9 Å². The first-order valence-electron chi connectivity index (χ1n) is 11.4. The quantitative estimate of drug-likeness (QED) is 0.790. The van der Waals surface area contributed by atoms with E-state index in [9.17, 15) is 4.79 Å². The lowest BCUT2D eigenvalue weighted by molar-refractivity contribution is 0.0978. The van der Waals surface area contributed by atoms with Gasteiger partial charge in [0.1, 0.15) is 0 Å². The number of carbonyl (C=O) groups is 1. The number of nitrogens with one attached hydrogen (secondary N) is 2. The summed E-state index contributed by atoms with van der Waals surface area (Å²) in [6.45, 7) is 14.3. The largest absolute Gasteiger partial charge is 0.358 e. The van der Waals surface area contributed by atoms with Crippen LogP contribution in [-0.4, -0.2) is 59.1 Å². The smallest absolute Gasteiger partial charge is 0.317 e. The Bertz CT molecular complexity index is 898. The Morgan fingerprint density at radius 2 is 2.00 bits per heavy atom. The van der Waals surface area contributed by atoms with E-state index in [2.05, 4.69) is 48.1 Å². The molecule has 3 atom stereocenters. The number of benzene rings is 1. The fraction of sp³-hybridized carbons (Fsp3) is 0.625. The molecule has 3 unspecified atom stereocenters. The molecule has 1 fully saturated rings. The first-order valence-corrected chi connectivity index (χ1v) is 11.4. The molecule has 1 aromatic heterocycles. The molecule has 2 aromatic rings. The zero-order valence-corrected chi connectivity index (χ0v) is 18.6. The third-order valence-electron chi connectivity index (χ3n) is 7.02. The lowest BCUT2D eigenvalue weighted by atomic mass is 9.73. The van der Waals surface area contributed by atoms with Crippen LogP contribution in [0.25, 0.3) is 10.9 Å². The summed E-state index contributed by atoms with van der Waals surface area (Å²) in [7, 11) is 0. The summed E-state index contributed by atoms with van der Waals surface area (Å²) in [5.41, 5.74) is 6.90. The standard InChI is InChI=1S/C24H36N4O/c1-6-9-28-14-17(26-24(29)27(7-2)8-3)12-19-20-10-15(4)11-21-23(20)18(13-22(19)28)16(5)25-21/h10-11,17,19,22,25H,6-9,12-14H2,1-5H3,(H,26,29). The van der Waals surface area contributed by atoms with Gasteiger partial charge in [0.25, 0.3) is 0 Å². The summed E-state index contributed by atoms with van der Waals surface area (Å²) in [5.74, 6) is 0.474. The number of urea groups is 1. The molecule has 0 radical (unpaired) electrons. The lowest BCUT2D eigenvalue weighted by Crippen LogP contribution is -2.58. The number of likely N-dealkylation sites (tertiary alicyclic amines) is 1. The van der Waals surface area contributed by atoms with Gasteiger partial charge in [-0.3, -0.25) is 4.90 Å². The van der Waals surface area contributed by atoms with Crippen molar-refractivity contribution in [3.63, 3.8) is 0 Å². The van der Waals surface area contributed by atoms with Gasteiger partial charge in [-0.2, -0.15) is 0 Å². The van der Waals surface area contributed by atoms with E-state index in [1.165, 1.54) is 33.3 Å². The molecule has 2 heterocycles. The summed E-state index contributed by atoms with van der Waals surface area (Å²) in [4.78, 5) is 20.9. The topological polar surface area (TPSA) is 51.4 Å². The number of amides is 2. The maximum absolute atomic E-state index is 12.7. The summed E-state index contributed by atoms with van der Waals surface area (Å²) in [5, 5.41) is 4.80. The number of fused-ring (bicyclic) bond motifs is 2. The Labute approximate surface area is 174 Å². The maximum Gasteiger partial charge on any atom is 0.317 e. The van der Waals surface area contributed by atoms with Crippen LogP contribution in [0.2, 0.25) is 0 Å². The molecule has 5 heteroatoms. The fourth-order valence-electron chi connectivity index (χ4n) is 5.71. The molecule has 2 amide bonds. The Balaban J connectivity index is 1.69. The van der Waals surface area contributed by atoms with E-state index in [-0.39, 0.29) is 12.1 Å². The Morgan fingerprint density at radius 1 is 1.24 bits per heavy atom. The van der Waals surface area contributed by atoms with Gasteiger partial charge in [-0.05, 0) is 76.3 Å². The number of nitrogens with zero attached hydrogens (tertiary/aromatic N) is 2. The van der Waals surface area contributed by atoms with Crippen LogP contribution in [0.1, 0.15) is 61.9 Å². The Hall–Kier alpha value is -2.01. The van der Waals surface area contributed by atoms with E-state index < -0.39 is 0 Å². The van der Waals surface area contributed by atoms with Crippen molar-refractivity contribution < 1.29 is 4.79 Å². The monoisotopic (exact) mass is 396 g/mol. The number of hydrogen-bond donors (Lipinski definition) is 2. The minimum Gasteiger partial charge on any atom is -0.358 e. The highest BCUT2D eigenvalue weighted by Gasteiger charge is 2.41. The van der Waals surface area contributed by atoms with Crippen molar-refractivity contribution in [3.05, 3.63) is 34.5 Å². The summed E-state index contributed by atoms with van der Waals surface area (Å²) < 4.78 is 0. The summed E-state index contributed by atoms with van der Waals surface area (Å²) in [6, 6.07) is 5.49. The maximum atomic E-state index is 12.7. The van der Waals surface area contributed by atoms with Gasteiger partial charge in [0.15, 0.2) is 0 Å². The van der Waals surface area contributed by atoms with E-state index in [0.29, 0.717) is 12.0 Å². The predicted molar refractivity (Wildman–Crippen MR) is 120 cm³/mol. The van der Waals surface area contributed by atoms with Gasteiger partial charge in [0.05, 0.1) is 0 Å². The Morgan fingerprint density at radius 3 is 2.69 bits per heavy atom. The van der Waals surface area contributed by atoms with E-state index in [4.69, 9.17) is 0 Å². The number of piperidine rings is 1. The Kier molecular flexibility index (Phi) is 5.60. The number of hydrogen-bond acceptors (Lipinski definition) is 2. The number of rotatable bonds is 5. The van der Waals surface area contributed by atoms with E-state index >= 15 is 0 Å². The SMILES string of the molecule is CCCN1CC(NC(=O)N(CC)CC)CC2c3cc(C)cc4[nH]c(C)c(c34)CC21. The average molecular weight is 397 g/mol. The number of H-pyrrole nitrogens is 1. The molecule has 2 N–H and O–H groups in total. The summed E-state index contributed by atoms with van der Waals surface area (Å²) >= 11 is 0. The van der Waals surface area contributed by atoms with Crippen LogP contribution in [0.15, 0.2) is 12.1 Å². The molecule has 0 bridgehead atoms. The highest BCUT2D eigenvalue weighted by Crippen LogP contribution is 2.45. The zero-order chi connectivity index (χ0) is 20.7. The molecule has 29 heavy (non-hydrogen) atoms. The van der Waals surface area contributed by atoms with Gasteiger partial charge in [-0.15, -0.1) is 0 Å². The van der Waals surface area contributed by atoms with Crippen molar-refractivity contribution in [1.29, 1.82) is 0 Å². The van der Waals surface area contributed by atoms with Crippen LogP contribution >= 0.6 is 0 Å². The second-order valence-corrected chi connectivity index (χ2v) is 8.93. The molecule has 1 aliphatic heterocycles. The van der Waals surface area contributed by atoms with Crippen molar-refractivity contribution in [2.45, 2.75) is 71.9 Å². The third kappa shape index (κ3) is 3.54. The van der Waals surface area contributed by atoms with Crippen LogP contribution < -0.4 is 5.32 Å². The van der Waals surface area contributed by atoms with Crippen LogP contribution in [0.3, 0.4) is 0 Å². The van der Waals surface area contributed by atoms with Gasteiger partial charge in [0.2, 0.25) is 0 Å². The third-order valence-corrected chi connectivity index (χ3v) is 7.02. The minimum absolute atomic E-state index is 0.0817. The second kappa shape index (κ2) is 8.02. The van der Waals surface area contributed by atoms with E-state index in [1.807, 2.05) is 18.7 Å². The highest BCUT2D eigenvalue weighted by atomic mass is 16.2. The van der Waals surface area contributed by atoms with Crippen LogP contribution in [0.4, 0.5) is 4.79 Å². The highest BCUT2D eigenvalue weighted by molar-refractivity contribution is 5.90. The molecule has 158 valence electrons. The molecule has 4 rings (SSSR count). The van der Waals surface area contributed by atoms with Crippen molar-refractivity contribution in [3.8, 4) is 0 Å². The van der Waals surface area contributed by atoms with Gasteiger partial charge < -0.3 is 15.2 Å². The van der Waals surface area contributed by atoms with Crippen molar-refractivity contribution in [1.82, 2.24) is 20.1 Å². The van der Waals surface area contributed by atoms with Crippen molar-refractivity contribution in [2.75, 3.05) is 26.2 Å². The minimum atomic E-state index is 0.0817. The van der Waals surface area contributed by atoms with Gasteiger partial charge in [0, 0.05) is 54.2 Å². The summed E-state index contributed by atoms with van der Waals surface area (Å²) in [6.07, 6.45) is 3.28. The molecular weight excluding hydrogens is 360 g/mol. The van der Waals surface area contributed by atoms with Crippen LogP contribution in [0.5, 0.6) is 0 Å². The molecule has 1 aromatic carbocycles. The van der Waals surface area contributed by atoms with E-state index in [1.54, 1.807) is 0 Å². The normalized spacial score (nSPS) is 23.8. The number of aryl methyl sites for hydroxylation is 2. The molecule has 2 aliphatic rings. The molecule has 1 aliphatic carbocycles. The predicted octanol–water partition coefficient (Wildman–Crippen LogP) is 4.33. The van der Waals surface area contributed by atoms with Gasteiger partial charge in [-0.1, -0.05) is 13.0 Å². The number of carbonyl (C=O) groups excluding carboxylic acids is 1. The average Bonchev–Trinajstić information content (AvgIpc) is 2.99. The molecule has 0 saturated carbocycles. The lowest BCUT2D eigenvalue weighted by Gasteiger charge is -2.47. The van der Waals surface area contributed by atoms with Gasteiger partial charge >= 0.3 is 6.03 Å². The van der Waals surface area contributed by atoms with Crippen LogP contribution in [-0.2, 0) is 6.42 Å². The first kappa shape index (κ1) is 20.3. The first-order chi connectivity index (χ1) is 14.0. The fourth-order valence-corrected chi connectivity index (χ4v) is 5.71. The number of aromatic amines is 1. The second-order valence-electron chi connectivity index (χ2n) is 8.93. The molecular formula is C24H36N4O. The van der Waals surface area contributed by atoms with Crippen molar-refractivity contribution in [2.24, 2.45) is 0 Å². The molecule has 5 nitrogen and oxygen atoms in total. The zero-order valence-electron chi connectivity index (χ0n) is 18.6. The van der Waals surface area contributed by atoms with E-state index in [0.717, 1.165) is 45.4 Å². The number of aromatic nitrogens is 1.